The highest BCUT2D eigenvalue weighted by Crippen LogP contribution is 2.33. The number of hydrogen-bond acceptors (Lipinski definition) is 5. The highest BCUT2D eigenvalue weighted by molar-refractivity contribution is 8.26. The van der Waals surface area contributed by atoms with Crippen LogP contribution >= 0.6 is 24.0 Å². The van der Waals surface area contributed by atoms with Crippen LogP contribution in [0.2, 0.25) is 0 Å². The molecule has 1 amide bonds. The molecule has 0 radical (unpaired) electrons. The summed E-state index contributed by atoms with van der Waals surface area (Å²) >= 11 is 6.38. The van der Waals surface area contributed by atoms with E-state index in [1.165, 1.54) is 16.7 Å². The Bertz CT molecular complexity index is 1000. The van der Waals surface area contributed by atoms with Gasteiger partial charge in [0.15, 0.2) is 11.2 Å². The van der Waals surface area contributed by atoms with Crippen molar-refractivity contribution >= 4 is 51.5 Å². The van der Waals surface area contributed by atoms with Gasteiger partial charge >= 0.3 is 0 Å². The maximum Gasteiger partial charge on any atom is 0.266 e. The Kier molecular flexibility index (Phi) is 3.54. The van der Waals surface area contributed by atoms with E-state index in [2.05, 4.69) is 4.98 Å². The molecule has 2 aromatic heterocycles. The van der Waals surface area contributed by atoms with E-state index >= 15 is 0 Å². The molecule has 1 aromatic carbocycles. The van der Waals surface area contributed by atoms with Gasteiger partial charge < -0.3 is 8.98 Å². The number of carbonyl (C=O) groups is 1. The Balaban J connectivity index is 1.74. The van der Waals surface area contributed by atoms with Crippen LogP contribution in [0.3, 0.4) is 0 Å². The van der Waals surface area contributed by atoms with Gasteiger partial charge in [0.2, 0.25) is 5.89 Å². The van der Waals surface area contributed by atoms with E-state index in [1.54, 1.807) is 13.1 Å². The van der Waals surface area contributed by atoms with Gasteiger partial charge in [0, 0.05) is 26.2 Å². The van der Waals surface area contributed by atoms with Gasteiger partial charge in [-0.15, -0.1) is 0 Å². The molecule has 7 heteroatoms. The Morgan fingerprint density at radius 2 is 2.00 bits per heavy atom. The first kappa shape index (κ1) is 15.2. The molecule has 5 nitrogen and oxygen atoms in total. The van der Waals surface area contributed by atoms with Crippen molar-refractivity contribution in [1.29, 1.82) is 0 Å². The van der Waals surface area contributed by atoms with Gasteiger partial charge in [0.1, 0.15) is 4.32 Å². The van der Waals surface area contributed by atoms with Crippen LogP contribution in [0.5, 0.6) is 0 Å². The van der Waals surface area contributed by atoms with Crippen molar-refractivity contribution in [2.24, 2.45) is 7.05 Å². The fourth-order valence-electron chi connectivity index (χ4n) is 2.62. The number of nitrogens with zero attached hydrogens (tertiary/aromatic N) is 3. The molecule has 0 unspecified atom stereocenters. The van der Waals surface area contributed by atoms with Gasteiger partial charge in [-0.05, 0) is 5.56 Å². The molecule has 3 aromatic rings. The second-order valence-electron chi connectivity index (χ2n) is 5.44. The van der Waals surface area contributed by atoms with Gasteiger partial charge in [-0.3, -0.25) is 9.69 Å². The molecule has 1 fully saturated rings. The maximum atomic E-state index is 12.1. The van der Waals surface area contributed by atoms with Crippen LogP contribution < -0.4 is 0 Å². The first-order valence-corrected chi connectivity index (χ1v) is 8.50. The number of benzene rings is 1. The van der Waals surface area contributed by atoms with E-state index in [-0.39, 0.29) is 5.91 Å². The Hall–Kier alpha value is -2.38. The zero-order chi connectivity index (χ0) is 16.8. The Morgan fingerprint density at radius 1 is 1.25 bits per heavy atom. The summed E-state index contributed by atoms with van der Waals surface area (Å²) in [5.74, 6) is 0.279. The average molecular weight is 355 g/mol. The van der Waals surface area contributed by atoms with Crippen LogP contribution in [0.15, 0.2) is 45.7 Å². The molecule has 1 saturated heterocycles. The van der Waals surface area contributed by atoms with Crippen LogP contribution in [-0.2, 0) is 11.8 Å². The number of thiocarbonyl (C=S) groups is 1. The number of fused-ring (bicyclic) bond motifs is 1. The number of aryl methyl sites for hydroxylation is 1. The number of hydrogen-bond donors (Lipinski definition) is 0. The van der Waals surface area contributed by atoms with Crippen LogP contribution in [0, 0.1) is 0 Å². The normalized spacial score (nSPS) is 16.8. The van der Waals surface area contributed by atoms with E-state index in [9.17, 15) is 4.79 Å². The lowest BCUT2D eigenvalue weighted by Crippen LogP contribution is -2.22. The van der Waals surface area contributed by atoms with Gasteiger partial charge in [-0.2, -0.15) is 4.98 Å². The first-order valence-electron chi connectivity index (χ1n) is 7.28. The number of rotatable bonds is 2. The molecule has 0 saturated carbocycles. The third-order valence-electron chi connectivity index (χ3n) is 3.91. The van der Waals surface area contributed by atoms with E-state index in [0.717, 1.165) is 16.9 Å². The molecule has 1 aliphatic rings. The second-order valence-corrected chi connectivity index (χ2v) is 7.11. The number of aromatic nitrogens is 2. The maximum absolute atomic E-state index is 12.1. The molecule has 1 aliphatic heterocycles. The van der Waals surface area contributed by atoms with Crippen molar-refractivity contribution < 1.29 is 9.21 Å². The second kappa shape index (κ2) is 5.61. The van der Waals surface area contributed by atoms with Gasteiger partial charge in [0.25, 0.3) is 5.91 Å². The standard InChI is InChI=1S/C17H13N3O2S2/c1-19-11(10-6-4-3-5-7-10)8-12-15(19)18-14(22-12)9-13-16(21)20(2)17(23)24-13/h3-9H,1-2H3/b13-9+. The summed E-state index contributed by atoms with van der Waals surface area (Å²) in [4.78, 5) is 18.5. The van der Waals surface area contributed by atoms with Crippen molar-refractivity contribution in [2.45, 2.75) is 0 Å². The van der Waals surface area contributed by atoms with E-state index in [0.29, 0.717) is 20.7 Å². The summed E-state index contributed by atoms with van der Waals surface area (Å²) < 4.78 is 8.31. The first-order chi connectivity index (χ1) is 11.5. The van der Waals surface area contributed by atoms with E-state index < -0.39 is 0 Å². The van der Waals surface area contributed by atoms with Crippen molar-refractivity contribution in [3.05, 3.63) is 47.2 Å². The number of likely N-dealkylation sites (N-methyl/N-ethyl adjacent to an activating group) is 1. The lowest BCUT2D eigenvalue weighted by Gasteiger charge is -2.03. The molecule has 0 aliphatic carbocycles. The van der Waals surface area contributed by atoms with E-state index in [1.807, 2.05) is 48.0 Å². The predicted molar refractivity (Wildman–Crippen MR) is 99.4 cm³/mol. The van der Waals surface area contributed by atoms with Crippen molar-refractivity contribution in [3.8, 4) is 11.3 Å². The highest BCUT2D eigenvalue weighted by atomic mass is 32.2. The number of carbonyl (C=O) groups excluding carboxylic acids is 1. The summed E-state index contributed by atoms with van der Waals surface area (Å²) in [6.45, 7) is 0. The number of thioether (sulfide) groups is 1. The summed E-state index contributed by atoms with van der Waals surface area (Å²) in [6.07, 6.45) is 1.64. The van der Waals surface area contributed by atoms with Crippen LogP contribution in [-0.4, -0.2) is 31.7 Å². The minimum Gasteiger partial charge on any atom is -0.435 e. The molecule has 0 bridgehead atoms. The largest absolute Gasteiger partial charge is 0.435 e. The third kappa shape index (κ3) is 2.37. The highest BCUT2D eigenvalue weighted by Gasteiger charge is 2.29. The molecule has 120 valence electrons. The molecule has 0 N–H and O–H groups in total. The Labute approximate surface area is 148 Å². The summed E-state index contributed by atoms with van der Waals surface area (Å²) in [6, 6.07) is 12.0. The minimum atomic E-state index is -0.128. The third-order valence-corrected chi connectivity index (χ3v) is 5.39. The molecular formula is C17H13N3O2S2. The number of amides is 1. The summed E-state index contributed by atoms with van der Waals surface area (Å²) in [5, 5.41) is 0. The van der Waals surface area contributed by atoms with Gasteiger partial charge in [0.05, 0.1) is 10.6 Å². The molecule has 3 heterocycles. The summed E-state index contributed by atoms with van der Waals surface area (Å²) in [7, 11) is 3.61. The molecule has 0 atom stereocenters. The minimum absolute atomic E-state index is 0.128. The Morgan fingerprint density at radius 3 is 2.62 bits per heavy atom. The van der Waals surface area contributed by atoms with Crippen LogP contribution in [0.1, 0.15) is 5.89 Å². The van der Waals surface area contributed by atoms with Crippen LogP contribution in [0.4, 0.5) is 0 Å². The predicted octanol–water partition coefficient (Wildman–Crippen LogP) is 3.66. The topological polar surface area (TPSA) is 51.3 Å². The molecular weight excluding hydrogens is 342 g/mol. The molecule has 24 heavy (non-hydrogen) atoms. The van der Waals surface area contributed by atoms with Crippen molar-refractivity contribution in [3.63, 3.8) is 0 Å². The fourth-order valence-corrected chi connectivity index (χ4v) is 3.76. The smallest absolute Gasteiger partial charge is 0.266 e. The van der Waals surface area contributed by atoms with Crippen molar-refractivity contribution in [1.82, 2.24) is 14.5 Å². The molecule has 0 spiro atoms. The van der Waals surface area contributed by atoms with Gasteiger partial charge in [-0.25, -0.2) is 0 Å². The lowest BCUT2D eigenvalue weighted by molar-refractivity contribution is -0.121. The molecule has 4 rings (SSSR count). The van der Waals surface area contributed by atoms with Gasteiger partial charge in [-0.1, -0.05) is 54.3 Å². The number of oxazole rings is 1. The average Bonchev–Trinajstić information content (AvgIpc) is 3.19. The van der Waals surface area contributed by atoms with E-state index in [4.69, 9.17) is 16.6 Å². The fraction of sp³-hybridized carbons (Fsp3) is 0.118. The van der Waals surface area contributed by atoms with Crippen LogP contribution in [0.25, 0.3) is 28.6 Å². The van der Waals surface area contributed by atoms with Crippen molar-refractivity contribution in [2.75, 3.05) is 7.05 Å². The SMILES string of the molecule is CN1C(=O)/C(=C\c2nc3c(cc(-c4ccccc4)n3C)o2)SC1=S. The quantitative estimate of drug-likeness (QED) is 0.519. The summed E-state index contributed by atoms with van der Waals surface area (Å²) in [5.41, 5.74) is 3.56. The zero-order valence-corrected chi connectivity index (χ0v) is 14.6. The monoisotopic (exact) mass is 355 g/mol. The zero-order valence-electron chi connectivity index (χ0n) is 13.0. The lowest BCUT2D eigenvalue weighted by atomic mass is 10.1.